The highest BCUT2D eigenvalue weighted by Crippen LogP contribution is 2.27. The number of rotatable bonds is 12. The zero-order valence-corrected chi connectivity index (χ0v) is 21.7. The van der Waals surface area contributed by atoms with E-state index in [9.17, 15) is 0 Å². The second-order valence-electron chi connectivity index (χ2n) is 9.14. The van der Waals surface area contributed by atoms with Gasteiger partial charge in [-0.1, -0.05) is 6.92 Å². The van der Waals surface area contributed by atoms with Gasteiger partial charge in [0.1, 0.15) is 0 Å². The Kier molecular flexibility index (Phi) is 9.82. The first-order valence-corrected chi connectivity index (χ1v) is 21.3. The van der Waals surface area contributed by atoms with Crippen LogP contribution in [0.2, 0.25) is 65.0 Å². The monoisotopic (exact) mass is 410 g/mol. The largest absolute Gasteiger partial charge is 0.437 e. The Morgan fingerprint density at radius 3 is 1.75 bits per heavy atom. The second-order valence-corrected chi connectivity index (χ2v) is 25.6. The summed E-state index contributed by atoms with van der Waals surface area (Å²) < 4.78 is 19.6. The summed E-state index contributed by atoms with van der Waals surface area (Å²) in [6.07, 6.45) is 2.05. The van der Waals surface area contributed by atoms with Crippen LogP contribution < -0.4 is 11.1 Å². The van der Waals surface area contributed by atoms with Crippen molar-refractivity contribution in [3.8, 4) is 0 Å². The van der Waals surface area contributed by atoms with E-state index in [-0.39, 0.29) is 6.17 Å². The summed E-state index contributed by atoms with van der Waals surface area (Å²) in [7, 11) is -7.74. The van der Waals surface area contributed by atoms with Gasteiger partial charge in [-0.15, -0.1) is 0 Å². The molecule has 0 fully saturated rings. The number of hydrogen-bond donors (Lipinski definition) is 2. The fraction of sp³-hybridized carbons (Fsp3) is 1.00. The van der Waals surface area contributed by atoms with Crippen molar-refractivity contribution in [1.82, 2.24) is 5.32 Å². The van der Waals surface area contributed by atoms with Crippen LogP contribution in [-0.4, -0.2) is 46.5 Å². The summed E-state index contributed by atoms with van der Waals surface area (Å²) in [6.45, 7) is 22.9. The predicted molar refractivity (Wildman–Crippen MR) is 115 cm³/mol. The fourth-order valence-electron chi connectivity index (χ4n) is 2.89. The molecule has 0 amide bonds. The number of nitrogens with one attached hydrogen (secondary N) is 1. The van der Waals surface area contributed by atoms with E-state index in [1.165, 1.54) is 0 Å². The highest BCUT2D eigenvalue weighted by Gasteiger charge is 2.44. The average Bonchev–Trinajstić information content (AvgIpc) is 2.27. The summed E-state index contributed by atoms with van der Waals surface area (Å²) in [5.74, 6) is 0. The van der Waals surface area contributed by atoms with E-state index >= 15 is 0 Å². The van der Waals surface area contributed by atoms with Gasteiger partial charge in [-0.25, -0.2) is 0 Å². The molecule has 2 atom stereocenters. The van der Waals surface area contributed by atoms with Crippen LogP contribution in [0.25, 0.3) is 0 Å². The van der Waals surface area contributed by atoms with Crippen LogP contribution in [0.3, 0.4) is 0 Å². The molecule has 0 radical (unpaired) electrons. The predicted octanol–water partition coefficient (Wildman–Crippen LogP) is 4.15. The third-order valence-electron chi connectivity index (χ3n) is 3.19. The fourth-order valence-corrected chi connectivity index (χ4v) is 20.8. The molecule has 5 nitrogen and oxygen atoms in total. The molecule has 24 heavy (non-hydrogen) atoms. The minimum Gasteiger partial charge on any atom is -0.437 e. The first-order chi connectivity index (χ1) is 10.6. The minimum atomic E-state index is -2.26. The van der Waals surface area contributed by atoms with Gasteiger partial charge in [-0.2, -0.15) is 0 Å². The average molecular weight is 411 g/mol. The summed E-state index contributed by atoms with van der Waals surface area (Å²) in [6, 6.07) is 0.978. The maximum atomic E-state index is 6.65. The molecule has 0 saturated heterocycles. The van der Waals surface area contributed by atoms with E-state index in [1.54, 1.807) is 0 Å². The van der Waals surface area contributed by atoms with Gasteiger partial charge in [-0.3, -0.25) is 0 Å². The van der Waals surface area contributed by atoms with Gasteiger partial charge in [0.15, 0.2) is 16.6 Å². The first-order valence-electron chi connectivity index (χ1n) is 9.17. The van der Waals surface area contributed by atoms with Crippen LogP contribution in [-0.2, 0) is 12.3 Å². The van der Waals surface area contributed by atoms with Crippen LogP contribution in [0.15, 0.2) is 0 Å². The Morgan fingerprint density at radius 1 is 0.833 bits per heavy atom. The molecule has 0 aromatic heterocycles. The van der Waals surface area contributed by atoms with Gasteiger partial charge in [0.05, 0.1) is 6.17 Å². The van der Waals surface area contributed by atoms with E-state index in [1.807, 2.05) is 0 Å². The molecule has 0 spiro atoms. The second kappa shape index (κ2) is 9.56. The minimum absolute atomic E-state index is 0.0813. The Labute approximate surface area is 154 Å². The molecule has 9 heteroatoms. The molecule has 0 bridgehead atoms. The first kappa shape index (κ1) is 24.7. The molecular formula is C15H42N2O3Si4. The molecule has 0 aromatic rings. The van der Waals surface area contributed by atoms with Crippen LogP contribution in [0, 0.1) is 0 Å². The van der Waals surface area contributed by atoms with Crippen molar-refractivity contribution in [2.75, 3.05) is 6.54 Å². The third kappa shape index (κ3) is 12.9. The Morgan fingerprint density at radius 2 is 1.33 bits per heavy atom. The Balaban J connectivity index is 4.88. The lowest BCUT2D eigenvalue weighted by atomic mass is 10.3. The van der Waals surface area contributed by atoms with Gasteiger partial charge >= 0.3 is 17.1 Å². The smallest absolute Gasteiger partial charge is 0.315 e. The molecule has 0 rings (SSSR count). The van der Waals surface area contributed by atoms with Gasteiger partial charge in [0.25, 0.3) is 0 Å². The highest BCUT2D eigenvalue weighted by molar-refractivity contribution is 6.89. The Bertz CT molecular complexity index is 373. The third-order valence-corrected chi connectivity index (χ3v) is 16.7. The molecule has 146 valence electrons. The number of hydrogen-bond acceptors (Lipinski definition) is 5. The van der Waals surface area contributed by atoms with Gasteiger partial charge in [0.2, 0.25) is 0 Å². The molecule has 2 unspecified atom stereocenters. The van der Waals surface area contributed by atoms with E-state index < -0.39 is 33.8 Å². The van der Waals surface area contributed by atoms with Crippen molar-refractivity contribution in [2.45, 2.75) is 90.9 Å². The lowest BCUT2D eigenvalue weighted by molar-refractivity contribution is 0.321. The molecule has 0 saturated carbocycles. The lowest BCUT2D eigenvalue weighted by Gasteiger charge is -2.41. The summed E-state index contributed by atoms with van der Waals surface area (Å²) >= 11 is 0. The topological polar surface area (TPSA) is 65.7 Å². The molecule has 3 N–H and O–H groups in total. The van der Waals surface area contributed by atoms with E-state index in [2.05, 4.69) is 71.2 Å². The highest BCUT2D eigenvalue weighted by atomic mass is 28.5. The maximum Gasteiger partial charge on any atom is 0.315 e. The van der Waals surface area contributed by atoms with Crippen molar-refractivity contribution in [2.24, 2.45) is 5.73 Å². The van der Waals surface area contributed by atoms with Crippen LogP contribution >= 0.6 is 0 Å². The maximum absolute atomic E-state index is 6.65. The quantitative estimate of drug-likeness (QED) is 0.287. The SMILES string of the molecule is CCC(N)NCCC[Si](C)(O[Si](C)(C)C)O[Si](C)(C)O[Si](C)(C)C. The van der Waals surface area contributed by atoms with E-state index in [4.69, 9.17) is 18.1 Å². The lowest BCUT2D eigenvalue weighted by Crippen LogP contribution is -2.57. The van der Waals surface area contributed by atoms with E-state index in [0.29, 0.717) is 0 Å². The summed E-state index contributed by atoms with van der Waals surface area (Å²) in [5.41, 5.74) is 5.93. The van der Waals surface area contributed by atoms with Gasteiger partial charge in [0, 0.05) is 0 Å². The summed E-state index contributed by atoms with van der Waals surface area (Å²) in [4.78, 5) is 0. The normalized spacial score (nSPS) is 17.6. The van der Waals surface area contributed by atoms with E-state index in [0.717, 1.165) is 25.4 Å². The zero-order chi connectivity index (χ0) is 19.2. The van der Waals surface area contributed by atoms with Crippen molar-refractivity contribution < 1.29 is 12.3 Å². The molecular weight excluding hydrogens is 369 g/mol. The summed E-state index contributed by atoms with van der Waals surface area (Å²) in [5, 5.41) is 3.36. The molecule has 0 heterocycles. The molecule has 0 aromatic carbocycles. The van der Waals surface area contributed by atoms with Crippen LogP contribution in [0.5, 0.6) is 0 Å². The van der Waals surface area contributed by atoms with Crippen LogP contribution in [0.4, 0.5) is 0 Å². The molecule has 0 aliphatic carbocycles. The Hall–Kier alpha value is 0.668. The van der Waals surface area contributed by atoms with Crippen molar-refractivity contribution >= 4 is 33.8 Å². The zero-order valence-electron chi connectivity index (χ0n) is 17.7. The van der Waals surface area contributed by atoms with Gasteiger partial charge < -0.3 is 23.4 Å². The molecule has 0 aliphatic heterocycles. The van der Waals surface area contributed by atoms with Gasteiger partial charge in [-0.05, 0) is 84.4 Å². The molecule has 0 aliphatic rings. The van der Waals surface area contributed by atoms with Crippen molar-refractivity contribution in [3.63, 3.8) is 0 Å². The van der Waals surface area contributed by atoms with Crippen molar-refractivity contribution in [3.05, 3.63) is 0 Å². The standard InChI is InChI=1S/C15H42N2O3Si4/c1-11-15(16)17-13-12-14-24(10,19-22(5,6)7)20-23(8,9)18-21(2,3)4/h15,17H,11-14,16H2,1-10H3. The number of nitrogens with two attached hydrogens (primary N) is 1. The van der Waals surface area contributed by atoms with Crippen LogP contribution in [0.1, 0.15) is 19.8 Å². The van der Waals surface area contributed by atoms with Crippen molar-refractivity contribution in [1.29, 1.82) is 0 Å².